The van der Waals surface area contributed by atoms with Crippen LogP contribution in [0.1, 0.15) is 18.4 Å². The van der Waals surface area contributed by atoms with Crippen LogP contribution in [-0.2, 0) is 16.0 Å². The van der Waals surface area contributed by atoms with Gasteiger partial charge in [0.2, 0.25) is 0 Å². The SMILES string of the molecule is COCCCC(N)C(=O)Cc1cc(OC)ccc1Br. The normalized spacial score (nSPS) is 12.2. The zero-order valence-electron chi connectivity index (χ0n) is 11.3. The van der Waals surface area contributed by atoms with E-state index in [1.807, 2.05) is 18.2 Å². The molecule has 1 aromatic carbocycles. The van der Waals surface area contributed by atoms with E-state index in [4.69, 9.17) is 15.2 Å². The second kappa shape index (κ2) is 8.30. The quantitative estimate of drug-likeness (QED) is 0.743. The summed E-state index contributed by atoms with van der Waals surface area (Å²) in [4.78, 5) is 12.0. The van der Waals surface area contributed by atoms with Crippen molar-refractivity contribution in [3.8, 4) is 5.75 Å². The van der Waals surface area contributed by atoms with Crippen LogP contribution in [0.4, 0.5) is 0 Å². The Labute approximate surface area is 122 Å². The zero-order chi connectivity index (χ0) is 14.3. The van der Waals surface area contributed by atoms with Gasteiger partial charge in [0.25, 0.3) is 0 Å². The summed E-state index contributed by atoms with van der Waals surface area (Å²) in [6, 6.07) is 5.13. The van der Waals surface area contributed by atoms with Crippen LogP contribution in [0.15, 0.2) is 22.7 Å². The van der Waals surface area contributed by atoms with Gasteiger partial charge in [-0.1, -0.05) is 15.9 Å². The van der Waals surface area contributed by atoms with E-state index in [1.165, 1.54) is 0 Å². The van der Waals surface area contributed by atoms with Crippen molar-refractivity contribution < 1.29 is 14.3 Å². The van der Waals surface area contributed by atoms with E-state index < -0.39 is 6.04 Å². The fourth-order valence-electron chi connectivity index (χ4n) is 1.74. The van der Waals surface area contributed by atoms with E-state index in [9.17, 15) is 4.79 Å². The third-order valence-electron chi connectivity index (χ3n) is 2.89. The van der Waals surface area contributed by atoms with Crippen LogP contribution in [0.2, 0.25) is 0 Å². The molecule has 0 radical (unpaired) electrons. The molecule has 0 amide bonds. The Balaban J connectivity index is 2.60. The van der Waals surface area contributed by atoms with E-state index in [2.05, 4.69) is 15.9 Å². The van der Waals surface area contributed by atoms with Crippen molar-refractivity contribution in [3.05, 3.63) is 28.2 Å². The number of halogens is 1. The van der Waals surface area contributed by atoms with Crippen LogP contribution in [0.25, 0.3) is 0 Å². The Morgan fingerprint density at radius 3 is 2.79 bits per heavy atom. The molecule has 0 heterocycles. The molecule has 0 aliphatic heterocycles. The van der Waals surface area contributed by atoms with Crippen LogP contribution in [0.5, 0.6) is 5.75 Å². The molecule has 0 aliphatic carbocycles. The highest BCUT2D eigenvalue weighted by atomic mass is 79.9. The number of ketones is 1. The largest absolute Gasteiger partial charge is 0.497 e. The predicted octanol–water partition coefficient (Wildman–Crippen LogP) is 2.32. The van der Waals surface area contributed by atoms with Crippen molar-refractivity contribution in [2.75, 3.05) is 20.8 Å². The van der Waals surface area contributed by atoms with Gasteiger partial charge in [-0.05, 0) is 36.6 Å². The number of hydrogen-bond acceptors (Lipinski definition) is 4. The first-order valence-electron chi connectivity index (χ1n) is 6.18. The monoisotopic (exact) mass is 329 g/mol. The summed E-state index contributed by atoms with van der Waals surface area (Å²) < 4.78 is 11.0. The molecule has 4 nitrogen and oxygen atoms in total. The maximum Gasteiger partial charge on any atom is 0.153 e. The van der Waals surface area contributed by atoms with Gasteiger partial charge in [-0.3, -0.25) is 4.79 Å². The van der Waals surface area contributed by atoms with Gasteiger partial charge < -0.3 is 15.2 Å². The first-order valence-corrected chi connectivity index (χ1v) is 6.97. The number of nitrogens with two attached hydrogens (primary N) is 1. The van der Waals surface area contributed by atoms with E-state index in [0.29, 0.717) is 19.4 Å². The first-order chi connectivity index (χ1) is 9.08. The molecule has 1 atom stereocenters. The fraction of sp³-hybridized carbons (Fsp3) is 0.500. The minimum Gasteiger partial charge on any atom is -0.497 e. The average Bonchev–Trinajstić information content (AvgIpc) is 2.41. The Hall–Kier alpha value is -0.910. The predicted molar refractivity (Wildman–Crippen MR) is 78.5 cm³/mol. The standard InChI is InChI=1S/C14H20BrNO3/c1-18-7-3-4-13(16)14(17)9-10-8-11(19-2)5-6-12(10)15/h5-6,8,13H,3-4,7,9,16H2,1-2H3. The van der Waals surface area contributed by atoms with Gasteiger partial charge in [0.15, 0.2) is 5.78 Å². The number of benzene rings is 1. The summed E-state index contributed by atoms with van der Waals surface area (Å²) in [5, 5.41) is 0. The molecule has 0 fully saturated rings. The summed E-state index contributed by atoms with van der Waals surface area (Å²) in [7, 11) is 3.24. The van der Waals surface area contributed by atoms with Crippen LogP contribution >= 0.6 is 15.9 Å². The highest BCUT2D eigenvalue weighted by Gasteiger charge is 2.15. The van der Waals surface area contributed by atoms with Gasteiger partial charge in [0.1, 0.15) is 5.75 Å². The lowest BCUT2D eigenvalue weighted by Crippen LogP contribution is -2.32. The molecule has 0 spiro atoms. The molecule has 1 rings (SSSR count). The molecular weight excluding hydrogens is 310 g/mol. The van der Waals surface area contributed by atoms with E-state index in [-0.39, 0.29) is 5.78 Å². The smallest absolute Gasteiger partial charge is 0.153 e. The molecule has 5 heteroatoms. The molecule has 106 valence electrons. The minimum atomic E-state index is -0.437. The lowest BCUT2D eigenvalue weighted by molar-refractivity contribution is -0.119. The maximum atomic E-state index is 12.0. The Bertz CT molecular complexity index is 423. The third-order valence-corrected chi connectivity index (χ3v) is 3.67. The van der Waals surface area contributed by atoms with Gasteiger partial charge in [0.05, 0.1) is 13.2 Å². The van der Waals surface area contributed by atoms with Gasteiger partial charge >= 0.3 is 0 Å². The van der Waals surface area contributed by atoms with E-state index >= 15 is 0 Å². The lowest BCUT2D eigenvalue weighted by Gasteiger charge is -2.12. The second-order valence-electron chi connectivity index (χ2n) is 4.34. The van der Waals surface area contributed by atoms with Crippen molar-refractivity contribution in [1.29, 1.82) is 0 Å². The van der Waals surface area contributed by atoms with E-state index in [0.717, 1.165) is 22.2 Å². The Morgan fingerprint density at radius 2 is 2.16 bits per heavy atom. The summed E-state index contributed by atoms with van der Waals surface area (Å²) >= 11 is 3.43. The number of carbonyl (C=O) groups is 1. The summed E-state index contributed by atoms with van der Waals surface area (Å²) in [5.74, 6) is 0.768. The lowest BCUT2D eigenvalue weighted by atomic mass is 10.0. The van der Waals surface area contributed by atoms with Gasteiger partial charge in [-0.15, -0.1) is 0 Å². The number of ether oxygens (including phenoxy) is 2. The molecular formula is C14H20BrNO3. The molecule has 0 bridgehead atoms. The number of Topliss-reactive ketones (excluding diaryl/α,β-unsaturated/α-hetero) is 1. The number of rotatable bonds is 8. The summed E-state index contributed by atoms with van der Waals surface area (Å²) in [6.07, 6.45) is 1.75. The fourth-order valence-corrected chi connectivity index (χ4v) is 2.13. The van der Waals surface area contributed by atoms with Crippen LogP contribution in [0.3, 0.4) is 0 Å². The molecule has 2 N–H and O–H groups in total. The minimum absolute atomic E-state index is 0.0325. The van der Waals surface area contributed by atoms with Crippen LogP contribution in [-0.4, -0.2) is 32.7 Å². The third kappa shape index (κ3) is 5.30. The number of hydrogen-bond donors (Lipinski definition) is 1. The molecule has 0 aromatic heterocycles. The molecule has 0 aliphatic rings. The molecule has 0 saturated carbocycles. The van der Waals surface area contributed by atoms with E-state index in [1.54, 1.807) is 14.2 Å². The number of carbonyl (C=O) groups excluding carboxylic acids is 1. The van der Waals surface area contributed by atoms with Crippen molar-refractivity contribution in [2.24, 2.45) is 5.73 Å². The average molecular weight is 330 g/mol. The number of methoxy groups -OCH3 is 2. The summed E-state index contributed by atoms with van der Waals surface area (Å²) in [5.41, 5.74) is 6.77. The molecule has 0 saturated heterocycles. The molecule has 19 heavy (non-hydrogen) atoms. The van der Waals surface area contributed by atoms with Gasteiger partial charge in [-0.2, -0.15) is 0 Å². The van der Waals surface area contributed by atoms with Crippen molar-refractivity contribution in [2.45, 2.75) is 25.3 Å². The van der Waals surface area contributed by atoms with Crippen LogP contribution in [0, 0.1) is 0 Å². The van der Waals surface area contributed by atoms with Crippen molar-refractivity contribution >= 4 is 21.7 Å². The topological polar surface area (TPSA) is 61.5 Å². The Morgan fingerprint density at radius 1 is 1.42 bits per heavy atom. The summed E-state index contributed by atoms with van der Waals surface area (Å²) in [6.45, 7) is 0.629. The second-order valence-corrected chi connectivity index (χ2v) is 5.20. The van der Waals surface area contributed by atoms with Gasteiger partial charge in [-0.25, -0.2) is 0 Å². The zero-order valence-corrected chi connectivity index (χ0v) is 12.9. The van der Waals surface area contributed by atoms with Crippen LogP contribution < -0.4 is 10.5 Å². The van der Waals surface area contributed by atoms with Crippen molar-refractivity contribution in [3.63, 3.8) is 0 Å². The van der Waals surface area contributed by atoms with Crippen molar-refractivity contribution in [1.82, 2.24) is 0 Å². The highest BCUT2D eigenvalue weighted by Crippen LogP contribution is 2.23. The highest BCUT2D eigenvalue weighted by molar-refractivity contribution is 9.10. The Kier molecular flexibility index (Phi) is 7.05. The maximum absolute atomic E-state index is 12.0. The molecule has 1 aromatic rings. The van der Waals surface area contributed by atoms with Gasteiger partial charge in [0, 0.05) is 24.6 Å². The first kappa shape index (κ1) is 16.1. The molecule has 1 unspecified atom stereocenters.